The van der Waals surface area contributed by atoms with Crippen molar-refractivity contribution in [1.29, 1.82) is 0 Å². The maximum atomic E-state index is 14.4. The largest absolute Gasteiger partial charge is 0.497 e. The Hall–Kier alpha value is -3.46. The number of hydrogen-bond donors (Lipinski definition) is 4. The standard InChI is InChI=1S/C20H23FN6O2/c1-10(22)11(2)25-20-16(21)8-15(18(23)28)19(27-20)26-13-6-12-4-5-14(29-3)7-17(12)24-9-13/h4-11H,22H2,1-3H3,(H2,23,28)(H2,25,26,27). The summed E-state index contributed by atoms with van der Waals surface area (Å²) < 4.78 is 19.6. The summed E-state index contributed by atoms with van der Waals surface area (Å²) in [5, 5.41) is 6.76. The van der Waals surface area contributed by atoms with Crippen LogP contribution in [0, 0.1) is 5.82 Å². The van der Waals surface area contributed by atoms with Crippen molar-refractivity contribution in [2.45, 2.75) is 25.9 Å². The molecule has 0 aliphatic heterocycles. The van der Waals surface area contributed by atoms with Gasteiger partial charge in [0.25, 0.3) is 5.91 Å². The Balaban J connectivity index is 1.98. The van der Waals surface area contributed by atoms with Crippen LogP contribution in [0.25, 0.3) is 10.9 Å². The van der Waals surface area contributed by atoms with E-state index in [0.29, 0.717) is 11.4 Å². The molecule has 2 atom stereocenters. The first-order chi connectivity index (χ1) is 13.8. The highest BCUT2D eigenvalue weighted by molar-refractivity contribution is 5.99. The molecule has 152 valence electrons. The molecule has 6 N–H and O–H groups in total. The molecule has 3 rings (SSSR count). The van der Waals surface area contributed by atoms with Crippen molar-refractivity contribution in [3.8, 4) is 5.75 Å². The van der Waals surface area contributed by atoms with Gasteiger partial charge in [-0.2, -0.15) is 0 Å². The van der Waals surface area contributed by atoms with Gasteiger partial charge in [-0.25, -0.2) is 9.37 Å². The first kappa shape index (κ1) is 20.3. The third-order valence-electron chi connectivity index (χ3n) is 4.55. The summed E-state index contributed by atoms with van der Waals surface area (Å²) in [6.07, 6.45) is 1.58. The smallest absolute Gasteiger partial charge is 0.252 e. The quantitative estimate of drug-likeness (QED) is 0.482. The summed E-state index contributed by atoms with van der Waals surface area (Å²) in [6, 6.07) is 7.89. The number of amides is 1. The van der Waals surface area contributed by atoms with Crippen molar-refractivity contribution in [2.24, 2.45) is 11.5 Å². The highest BCUT2D eigenvalue weighted by Gasteiger charge is 2.18. The highest BCUT2D eigenvalue weighted by Crippen LogP contribution is 2.26. The minimum absolute atomic E-state index is 0.0271. The molecule has 0 saturated heterocycles. The van der Waals surface area contributed by atoms with E-state index in [0.717, 1.165) is 17.0 Å². The lowest BCUT2D eigenvalue weighted by molar-refractivity contribution is 0.100. The number of carbonyl (C=O) groups excluding carboxylic acids is 1. The lowest BCUT2D eigenvalue weighted by Crippen LogP contribution is -2.35. The zero-order valence-corrected chi connectivity index (χ0v) is 16.4. The number of nitrogens with one attached hydrogen (secondary N) is 2. The van der Waals surface area contributed by atoms with E-state index in [9.17, 15) is 9.18 Å². The lowest BCUT2D eigenvalue weighted by atomic mass is 10.1. The van der Waals surface area contributed by atoms with Gasteiger partial charge in [-0.1, -0.05) is 0 Å². The average Bonchev–Trinajstić information content (AvgIpc) is 2.69. The van der Waals surface area contributed by atoms with Crippen molar-refractivity contribution in [1.82, 2.24) is 9.97 Å². The maximum Gasteiger partial charge on any atom is 0.252 e. The number of halogens is 1. The molecule has 1 amide bonds. The van der Waals surface area contributed by atoms with Gasteiger partial charge in [0.1, 0.15) is 11.6 Å². The van der Waals surface area contributed by atoms with Crippen LogP contribution in [0.5, 0.6) is 5.75 Å². The van der Waals surface area contributed by atoms with E-state index in [1.165, 1.54) is 0 Å². The second-order valence-electron chi connectivity index (χ2n) is 6.78. The number of anilines is 3. The van der Waals surface area contributed by atoms with Crippen LogP contribution in [0.2, 0.25) is 0 Å². The third kappa shape index (κ3) is 4.52. The first-order valence-electron chi connectivity index (χ1n) is 9.01. The second kappa shape index (κ2) is 8.27. The Morgan fingerprint density at radius 3 is 2.62 bits per heavy atom. The second-order valence-corrected chi connectivity index (χ2v) is 6.78. The van der Waals surface area contributed by atoms with Crippen molar-refractivity contribution in [3.05, 3.63) is 47.9 Å². The minimum atomic E-state index is -0.802. The number of nitrogens with zero attached hydrogens (tertiary/aromatic N) is 2. The van der Waals surface area contributed by atoms with E-state index in [-0.39, 0.29) is 29.3 Å². The number of primary amides is 1. The number of methoxy groups -OCH3 is 1. The summed E-state index contributed by atoms with van der Waals surface area (Å²) in [5.41, 5.74) is 12.5. The van der Waals surface area contributed by atoms with Gasteiger partial charge in [0.2, 0.25) is 0 Å². The fourth-order valence-corrected chi connectivity index (χ4v) is 2.65. The Labute approximate surface area is 167 Å². The number of aromatic nitrogens is 2. The van der Waals surface area contributed by atoms with E-state index >= 15 is 0 Å². The van der Waals surface area contributed by atoms with Crippen LogP contribution in [0.1, 0.15) is 24.2 Å². The molecular formula is C20H23FN6O2. The fraction of sp³-hybridized carbons (Fsp3) is 0.250. The molecule has 8 nitrogen and oxygen atoms in total. The van der Waals surface area contributed by atoms with Crippen LogP contribution in [-0.2, 0) is 0 Å². The molecular weight excluding hydrogens is 375 g/mol. The molecule has 2 aromatic heterocycles. The number of ether oxygens (including phenoxy) is 1. The van der Waals surface area contributed by atoms with Gasteiger partial charge in [0, 0.05) is 23.5 Å². The predicted octanol–water partition coefficient (Wildman–Crippen LogP) is 2.77. The zero-order chi connectivity index (χ0) is 21.1. The maximum absolute atomic E-state index is 14.4. The number of pyridine rings is 2. The summed E-state index contributed by atoms with van der Waals surface area (Å²) in [7, 11) is 1.58. The zero-order valence-electron chi connectivity index (χ0n) is 16.4. The van der Waals surface area contributed by atoms with Gasteiger partial charge >= 0.3 is 0 Å². The number of fused-ring (bicyclic) bond motifs is 1. The lowest BCUT2D eigenvalue weighted by Gasteiger charge is -2.20. The van der Waals surface area contributed by atoms with Crippen LogP contribution in [0.4, 0.5) is 21.7 Å². The summed E-state index contributed by atoms with van der Waals surface area (Å²) >= 11 is 0. The average molecular weight is 398 g/mol. The molecule has 2 unspecified atom stereocenters. The van der Waals surface area contributed by atoms with E-state index in [1.807, 2.05) is 31.2 Å². The van der Waals surface area contributed by atoms with Crippen molar-refractivity contribution < 1.29 is 13.9 Å². The van der Waals surface area contributed by atoms with Crippen LogP contribution >= 0.6 is 0 Å². The van der Waals surface area contributed by atoms with E-state index < -0.39 is 11.7 Å². The normalized spacial score (nSPS) is 13.0. The van der Waals surface area contributed by atoms with Gasteiger partial charge in [0.05, 0.1) is 30.1 Å². The molecule has 9 heteroatoms. The van der Waals surface area contributed by atoms with Gasteiger partial charge in [0.15, 0.2) is 11.6 Å². The summed E-state index contributed by atoms with van der Waals surface area (Å²) in [6.45, 7) is 3.60. The van der Waals surface area contributed by atoms with Gasteiger partial charge in [-0.15, -0.1) is 0 Å². The molecule has 0 bridgehead atoms. The van der Waals surface area contributed by atoms with Crippen molar-refractivity contribution in [2.75, 3.05) is 17.7 Å². The molecule has 1 aromatic carbocycles. The molecule has 0 radical (unpaired) electrons. The molecule has 0 spiro atoms. The molecule has 0 aliphatic carbocycles. The van der Waals surface area contributed by atoms with Crippen LogP contribution < -0.4 is 26.8 Å². The number of rotatable bonds is 7. The Morgan fingerprint density at radius 2 is 1.97 bits per heavy atom. The van der Waals surface area contributed by atoms with Gasteiger partial charge in [-0.05, 0) is 38.1 Å². The third-order valence-corrected chi connectivity index (χ3v) is 4.55. The Kier molecular flexibility index (Phi) is 5.79. The number of nitrogens with two attached hydrogens (primary N) is 2. The number of hydrogen-bond acceptors (Lipinski definition) is 7. The van der Waals surface area contributed by atoms with Gasteiger partial charge in [-0.3, -0.25) is 9.78 Å². The topological polar surface area (TPSA) is 128 Å². The Bertz CT molecular complexity index is 1060. The monoisotopic (exact) mass is 398 g/mol. The highest BCUT2D eigenvalue weighted by atomic mass is 19.1. The van der Waals surface area contributed by atoms with Crippen LogP contribution in [0.3, 0.4) is 0 Å². The van der Waals surface area contributed by atoms with Gasteiger partial charge < -0.3 is 26.8 Å². The van der Waals surface area contributed by atoms with Crippen molar-refractivity contribution >= 4 is 34.1 Å². The molecule has 0 aliphatic rings. The first-order valence-corrected chi connectivity index (χ1v) is 9.01. The Morgan fingerprint density at radius 1 is 1.21 bits per heavy atom. The number of carbonyl (C=O) groups is 1. The molecule has 0 fully saturated rings. The predicted molar refractivity (Wildman–Crippen MR) is 111 cm³/mol. The number of benzene rings is 1. The SMILES string of the molecule is COc1ccc2cc(Nc3nc(NC(C)C(C)N)c(F)cc3C(N)=O)cnc2c1. The molecule has 2 heterocycles. The summed E-state index contributed by atoms with van der Waals surface area (Å²) in [4.78, 5) is 20.4. The van der Waals surface area contributed by atoms with E-state index in [4.69, 9.17) is 16.2 Å². The molecule has 0 saturated carbocycles. The molecule has 29 heavy (non-hydrogen) atoms. The van der Waals surface area contributed by atoms with Crippen LogP contribution in [0.15, 0.2) is 36.5 Å². The fourth-order valence-electron chi connectivity index (χ4n) is 2.65. The van der Waals surface area contributed by atoms with Crippen LogP contribution in [-0.4, -0.2) is 35.1 Å². The summed E-state index contributed by atoms with van der Waals surface area (Å²) in [5.74, 6) is -0.709. The van der Waals surface area contributed by atoms with E-state index in [2.05, 4.69) is 20.6 Å². The van der Waals surface area contributed by atoms with Crippen molar-refractivity contribution in [3.63, 3.8) is 0 Å². The minimum Gasteiger partial charge on any atom is -0.497 e. The molecule has 3 aromatic rings. The van der Waals surface area contributed by atoms with E-state index in [1.54, 1.807) is 20.2 Å².